The van der Waals surface area contributed by atoms with Gasteiger partial charge in [0.2, 0.25) is 11.8 Å². The normalized spacial score (nSPS) is 18.4. The zero-order valence-electron chi connectivity index (χ0n) is 11.3. The van der Waals surface area contributed by atoms with Crippen molar-refractivity contribution in [2.45, 2.75) is 6.42 Å². The first-order valence-electron chi connectivity index (χ1n) is 6.47. The number of ether oxygens (including phenoxy) is 1. The van der Waals surface area contributed by atoms with Gasteiger partial charge in [-0.2, -0.15) is 0 Å². The van der Waals surface area contributed by atoms with Crippen molar-refractivity contribution in [3.05, 3.63) is 29.3 Å². The SMILES string of the molecule is COCCNC(=O)[C@@H]1CCN(c2ccc(Cl)cc2)C1=O. The van der Waals surface area contributed by atoms with Crippen LogP contribution in [0.25, 0.3) is 0 Å². The van der Waals surface area contributed by atoms with Gasteiger partial charge in [0, 0.05) is 30.9 Å². The Morgan fingerprint density at radius 1 is 1.45 bits per heavy atom. The third-order valence-corrected chi connectivity index (χ3v) is 3.52. The zero-order chi connectivity index (χ0) is 14.5. The predicted octanol–water partition coefficient (Wildman–Crippen LogP) is 1.46. The molecular formula is C14H17ClN2O3. The number of halogens is 1. The summed E-state index contributed by atoms with van der Waals surface area (Å²) in [6, 6.07) is 7.03. The van der Waals surface area contributed by atoms with Crippen LogP contribution in [-0.4, -0.2) is 38.6 Å². The molecule has 0 spiro atoms. The molecular weight excluding hydrogens is 280 g/mol. The first kappa shape index (κ1) is 14.8. The lowest BCUT2D eigenvalue weighted by Gasteiger charge is -2.16. The van der Waals surface area contributed by atoms with E-state index in [0.29, 0.717) is 31.1 Å². The molecule has 0 bridgehead atoms. The molecule has 0 aliphatic carbocycles. The molecule has 2 rings (SSSR count). The van der Waals surface area contributed by atoms with E-state index in [9.17, 15) is 9.59 Å². The molecule has 1 aliphatic heterocycles. The minimum atomic E-state index is -0.609. The highest BCUT2D eigenvalue weighted by Crippen LogP contribution is 2.26. The van der Waals surface area contributed by atoms with Crippen LogP contribution in [0.4, 0.5) is 5.69 Å². The van der Waals surface area contributed by atoms with Gasteiger partial charge in [0.05, 0.1) is 6.61 Å². The highest BCUT2D eigenvalue weighted by molar-refractivity contribution is 6.30. The lowest BCUT2D eigenvalue weighted by Crippen LogP contribution is -2.38. The molecule has 0 aromatic heterocycles. The summed E-state index contributed by atoms with van der Waals surface area (Å²) in [5.41, 5.74) is 0.770. The first-order chi connectivity index (χ1) is 9.63. The number of carbonyl (C=O) groups excluding carboxylic acids is 2. The van der Waals surface area contributed by atoms with Crippen molar-refractivity contribution in [1.29, 1.82) is 0 Å². The molecule has 5 nitrogen and oxygen atoms in total. The fourth-order valence-corrected chi connectivity index (χ4v) is 2.33. The molecule has 1 heterocycles. The molecule has 108 valence electrons. The van der Waals surface area contributed by atoms with E-state index in [1.165, 1.54) is 0 Å². The topological polar surface area (TPSA) is 58.6 Å². The highest BCUT2D eigenvalue weighted by Gasteiger charge is 2.37. The Morgan fingerprint density at radius 3 is 2.80 bits per heavy atom. The van der Waals surface area contributed by atoms with Crippen molar-refractivity contribution in [3.63, 3.8) is 0 Å². The van der Waals surface area contributed by atoms with Crippen LogP contribution in [0, 0.1) is 5.92 Å². The van der Waals surface area contributed by atoms with Gasteiger partial charge >= 0.3 is 0 Å². The Hall–Kier alpha value is -1.59. The van der Waals surface area contributed by atoms with Gasteiger partial charge in [-0.3, -0.25) is 9.59 Å². The van der Waals surface area contributed by atoms with Crippen LogP contribution in [-0.2, 0) is 14.3 Å². The summed E-state index contributed by atoms with van der Waals surface area (Å²) >= 11 is 5.83. The van der Waals surface area contributed by atoms with Crippen molar-refractivity contribution in [2.24, 2.45) is 5.92 Å². The smallest absolute Gasteiger partial charge is 0.239 e. The summed E-state index contributed by atoms with van der Waals surface area (Å²) in [5.74, 6) is -1.01. The second-order valence-electron chi connectivity index (χ2n) is 4.59. The fourth-order valence-electron chi connectivity index (χ4n) is 2.20. The standard InChI is InChI=1S/C14H17ClN2O3/c1-20-9-7-16-13(18)12-6-8-17(14(12)19)11-4-2-10(15)3-5-11/h2-5,12H,6-9H2,1H3,(H,16,18)/t12-/m0/s1. The molecule has 1 aromatic rings. The summed E-state index contributed by atoms with van der Waals surface area (Å²) < 4.78 is 4.86. The Kier molecular flexibility index (Phi) is 4.98. The monoisotopic (exact) mass is 296 g/mol. The van der Waals surface area contributed by atoms with Gasteiger partial charge in [-0.15, -0.1) is 0 Å². The van der Waals surface area contributed by atoms with Crippen LogP contribution < -0.4 is 10.2 Å². The molecule has 1 aliphatic rings. The van der Waals surface area contributed by atoms with Crippen molar-refractivity contribution in [3.8, 4) is 0 Å². The molecule has 1 N–H and O–H groups in total. The van der Waals surface area contributed by atoms with Gasteiger partial charge in [0.1, 0.15) is 5.92 Å². The molecule has 1 saturated heterocycles. The third-order valence-electron chi connectivity index (χ3n) is 3.27. The Labute approximate surface area is 122 Å². The van der Waals surface area contributed by atoms with E-state index in [4.69, 9.17) is 16.3 Å². The Morgan fingerprint density at radius 2 is 2.15 bits per heavy atom. The first-order valence-corrected chi connectivity index (χ1v) is 6.85. The highest BCUT2D eigenvalue weighted by atomic mass is 35.5. The van der Waals surface area contributed by atoms with Crippen molar-refractivity contribution >= 4 is 29.1 Å². The van der Waals surface area contributed by atoms with Crippen LogP contribution in [0.2, 0.25) is 5.02 Å². The maximum atomic E-state index is 12.3. The second-order valence-corrected chi connectivity index (χ2v) is 5.03. The van der Waals surface area contributed by atoms with Gasteiger partial charge < -0.3 is 15.0 Å². The number of carbonyl (C=O) groups is 2. The number of benzene rings is 1. The van der Waals surface area contributed by atoms with Gasteiger partial charge in [-0.1, -0.05) is 11.6 Å². The molecule has 0 saturated carbocycles. The molecule has 1 aromatic carbocycles. The number of rotatable bonds is 5. The van der Waals surface area contributed by atoms with Crippen LogP contribution in [0.3, 0.4) is 0 Å². The van der Waals surface area contributed by atoms with Crippen LogP contribution in [0.1, 0.15) is 6.42 Å². The number of amides is 2. The number of nitrogens with one attached hydrogen (secondary N) is 1. The lowest BCUT2D eigenvalue weighted by molar-refractivity contribution is -0.132. The Bertz CT molecular complexity index is 490. The zero-order valence-corrected chi connectivity index (χ0v) is 12.0. The van der Waals surface area contributed by atoms with E-state index in [2.05, 4.69) is 5.32 Å². The minimum absolute atomic E-state index is 0.165. The van der Waals surface area contributed by atoms with E-state index >= 15 is 0 Å². The quantitative estimate of drug-likeness (QED) is 0.661. The molecule has 0 radical (unpaired) electrons. The van der Waals surface area contributed by atoms with E-state index in [0.717, 1.165) is 5.69 Å². The molecule has 20 heavy (non-hydrogen) atoms. The molecule has 0 unspecified atom stereocenters. The lowest BCUT2D eigenvalue weighted by atomic mass is 10.1. The Balaban J connectivity index is 1.98. The molecule has 6 heteroatoms. The molecule has 1 atom stereocenters. The third kappa shape index (κ3) is 3.29. The van der Waals surface area contributed by atoms with E-state index in [1.54, 1.807) is 36.3 Å². The fraction of sp³-hybridized carbons (Fsp3) is 0.429. The van der Waals surface area contributed by atoms with E-state index in [-0.39, 0.29) is 11.8 Å². The average molecular weight is 297 g/mol. The molecule has 1 fully saturated rings. The summed E-state index contributed by atoms with van der Waals surface area (Å²) in [7, 11) is 1.56. The van der Waals surface area contributed by atoms with Gasteiger partial charge in [-0.05, 0) is 30.7 Å². The number of nitrogens with zero attached hydrogens (tertiary/aromatic N) is 1. The van der Waals surface area contributed by atoms with Crippen molar-refractivity contribution in [2.75, 3.05) is 31.7 Å². The van der Waals surface area contributed by atoms with Crippen LogP contribution in [0.5, 0.6) is 0 Å². The summed E-state index contributed by atoms with van der Waals surface area (Å²) in [5, 5.41) is 3.32. The van der Waals surface area contributed by atoms with Gasteiger partial charge in [0.25, 0.3) is 0 Å². The number of methoxy groups -OCH3 is 1. The molecule has 2 amide bonds. The predicted molar refractivity (Wildman–Crippen MR) is 76.8 cm³/mol. The van der Waals surface area contributed by atoms with Gasteiger partial charge in [-0.25, -0.2) is 0 Å². The number of anilines is 1. The second kappa shape index (κ2) is 6.72. The van der Waals surface area contributed by atoms with E-state index < -0.39 is 5.92 Å². The van der Waals surface area contributed by atoms with Crippen molar-refractivity contribution < 1.29 is 14.3 Å². The maximum absolute atomic E-state index is 12.3. The summed E-state index contributed by atoms with van der Waals surface area (Å²) in [4.78, 5) is 25.8. The summed E-state index contributed by atoms with van der Waals surface area (Å²) in [6.07, 6.45) is 0.528. The average Bonchev–Trinajstić information content (AvgIpc) is 2.82. The van der Waals surface area contributed by atoms with E-state index in [1.807, 2.05) is 0 Å². The van der Waals surface area contributed by atoms with Crippen LogP contribution in [0.15, 0.2) is 24.3 Å². The number of hydrogen-bond acceptors (Lipinski definition) is 3. The maximum Gasteiger partial charge on any atom is 0.239 e. The van der Waals surface area contributed by atoms with Crippen molar-refractivity contribution in [1.82, 2.24) is 5.32 Å². The van der Waals surface area contributed by atoms with Crippen LogP contribution >= 0.6 is 11.6 Å². The number of hydrogen-bond donors (Lipinski definition) is 1. The minimum Gasteiger partial charge on any atom is -0.383 e. The summed E-state index contributed by atoms with van der Waals surface area (Å²) in [6.45, 7) is 1.40. The van der Waals surface area contributed by atoms with Gasteiger partial charge in [0.15, 0.2) is 0 Å². The largest absolute Gasteiger partial charge is 0.383 e.